The molecule has 0 aliphatic carbocycles. The molecule has 0 aliphatic heterocycles. The fourth-order valence-corrected chi connectivity index (χ4v) is 1.57. The molecule has 0 fully saturated rings. The Morgan fingerprint density at radius 1 is 1.25 bits per heavy atom. The van der Waals surface area contributed by atoms with E-state index in [2.05, 4.69) is 24.4 Å². The molecule has 1 amide bonds. The molecule has 110 valence electrons. The van der Waals surface area contributed by atoms with Crippen LogP contribution in [0.1, 0.15) is 51.4 Å². The second-order valence-corrected chi connectivity index (χ2v) is 5.19. The Labute approximate surface area is 121 Å². The van der Waals surface area contributed by atoms with Crippen LogP contribution in [0.3, 0.4) is 0 Å². The molecule has 0 saturated carbocycles. The average molecular weight is 276 g/mol. The largest absolute Gasteiger partial charge is 0.491 e. The SMILES string of the molecule is CC[C@@H](C)/C(C)=N\NC(=O)c1ccc(OC(C)C)cc1. The summed E-state index contributed by atoms with van der Waals surface area (Å²) in [4.78, 5) is 11.9. The lowest BCUT2D eigenvalue weighted by atomic mass is 10.1. The van der Waals surface area contributed by atoms with Gasteiger partial charge in [0.25, 0.3) is 5.91 Å². The van der Waals surface area contributed by atoms with E-state index in [0.29, 0.717) is 11.5 Å². The van der Waals surface area contributed by atoms with Gasteiger partial charge in [0.1, 0.15) is 5.75 Å². The summed E-state index contributed by atoms with van der Waals surface area (Å²) in [5, 5.41) is 4.13. The number of nitrogens with one attached hydrogen (secondary N) is 1. The lowest BCUT2D eigenvalue weighted by molar-refractivity contribution is 0.0954. The molecule has 4 heteroatoms. The minimum atomic E-state index is -0.205. The van der Waals surface area contributed by atoms with Crippen molar-refractivity contribution in [1.82, 2.24) is 5.43 Å². The van der Waals surface area contributed by atoms with Crippen LogP contribution in [0.15, 0.2) is 29.4 Å². The van der Waals surface area contributed by atoms with Crippen molar-refractivity contribution in [2.24, 2.45) is 11.0 Å². The predicted octanol–water partition coefficient (Wildman–Crippen LogP) is 3.63. The minimum absolute atomic E-state index is 0.123. The molecule has 0 aliphatic rings. The highest BCUT2D eigenvalue weighted by Crippen LogP contribution is 2.13. The van der Waals surface area contributed by atoms with Gasteiger partial charge >= 0.3 is 0 Å². The Morgan fingerprint density at radius 3 is 2.35 bits per heavy atom. The second kappa shape index (κ2) is 7.68. The van der Waals surface area contributed by atoms with Gasteiger partial charge in [0.05, 0.1) is 6.10 Å². The maximum absolute atomic E-state index is 11.9. The molecule has 0 aromatic heterocycles. The topological polar surface area (TPSA) is 50.7 Å². The molecule has 1 rings (SSSR count). The number of hydrazone groups is 1. The number of ether oxygens (including phenoxy) is 1. The van der Waals surface area contributed by atoms with Gasteiger partial charge in [0.2, 0.25) is 0 Å². The van der Waals surface area contributed by atoms with Crippen molar-refractivity contribution >= 4 is 11.6 Å². The Hall–Kier alpha value is -1.84. The van der Waals surface area contributed by atoms with Gasteiger partial charge in [-0.25, -0.2) is 5.43 Å². The van der Waals surface area contributed by atoms with E-state index in [-0.39, 0.29) is 12.0 Å². The van der Waals surface area contributed by atoms with E-state index in [0.717, 1.165) is 17.9 Å². The molecule has 0 spiro atoms. The highest BCUT2D eigenvalue weighted by molar-refractivity contribution is 5.95. The Morgan fingerprint density at radius 2 is 1.85 bits per heavy atom. The van der Waals surface area contributed by atoms with Gasteiger partial charge < -0.3 is 4.74 Å². The zero-order chi connectivity index (χ0) is 15.1. The quantitative estimate of drug-likeness (QED) is 0.637. The van der Waals surface area contributed by atoms with Crippen LogP contribution >= 0.6 is 0 Å². The molecule has 1 atom stereocenters. The van der Waals surface area contributed by atoms with Crippen molar-refractivity contribution < 1.29 is 9.53 Å². The molecule has 0 saturated heterocycles. The molecule has 4 nitrogen and oxygen atoms in total. The second-order valence-electron chi connectivity index (χ2n) is 5.19. The lowest BCUT2D eigenvalue weighted by Gasteiger charge is -2.10. The van der Waals surface area contributed by atoms with Crippen molar-refractivity contribution in [3.63, 3.8) is 0 Å². The zero-order valence-corrected chi connectivity index (χ0v) is 12.9. The number of nitrogens with zero attached hydrogens (tertiary/aromatic N) is 1. The first-order chi connectivity index (χ1) is 9.43. The summed E-state index contributed by atoms with van der Waals surface area (Å²) in [6.45, 7) is 10.0. The highest BCUT2D eigenvalue weighted by Gasteiger charge is 2.07. The fourth-order valence-electron chi connectivity index (χ4n) is 1.57. The lowest BCUT2D eigenvalue weighted by Crippen LogP contribution is -2.20. The molecule has 20 heavy (non-hydrogen) atoms. The Balaban J connectivity index is 2.64. The van der Waals surface area contributed by atoms with E-state index in [1.165, 1.54) is 0 Å². The summed E-state index contributed by atoms with van der Waals surface area (Å²) >= 11 is 0. The summed E-state index contributed by atoms with van der Waals surface area (Å²) in [6.07, 6.45) is 1.13. The minimum Gasteiger partial charge on any atom is -0.491 e. The third-order valence-corrected chi connectivity index (χ3v) is 3.15. The smallest absolute Gasteiger partial charge is 0.271 e. The normalized spacial score (nSPS) is 13.2. The number of rotatable bonds is 6. The fraction of sp³-hybridized carbons (Fsp3) is 0.500. The standard InChI is InChI=1S/C16H24N2O2/c1-6-12(4)13(5)17-18-16(19)14-7-9-15(10-8-14)20-11(2)3/h7-12H,6H2,1-5H3,(H,18,19)/b17-13-/t12-/m1/s1. The van der Waals surface area contributed by atoms with Crippen LogP contribution in [0.4, 0.5) is 0 Å². The summed E-state index contributed by atoms with van der Waals surface area (Å²) in [7, 11) is 0. The predicted molar refractivity (Wildman–Crippen MR) is 82.2 cm³/mol. The molecular formula is C16H24N2O2. The summed E-state index contributed by atoms with van der Waals surface area (Å²) in [6, 6.07) is 7.06. The molecule has 0 radical (unpaired) electrons. The first kappa shape index (κ1) is 16.2. The van der Waals surface area contributed by atoms with Gasteiger partial charge in [-0.2, -0.15) is 5.10 Å². The van der Waals surface area contributed by atoms with Crippen LogP contribution in [0.25, 0.3) is 0 Å². The Bertz CT molecular complexity index is 464. The summed E-state index contributed by atoms with van der Waals surface area (Å²) in [5.74, 6) is 0.928. The van der Waals surface area contributed by atoms with Crippen LogP contribution in [0.2, 0.25) is 0 Å². The van der Waals surface area contributed by atoms with Crippen molar-refractivity contribution in [3.05, 3.63) is 29.8 Å². The van der Waals surface area contributed by atoms with E-state index < -0.39 is 0 Å². The molecule has 0 heterocycles. The average Bonchev–Trinajstić information content (AvgIpc) is 2.43. The molecule has 1 aromatic carbocycles. The van der Waals surface area contributed by atoms with Gasteiger partial charge in [-0.15, -0.1) is 0 Å². The number of carbonyl (C=O) groups is 1. The Kier molecular flexibility index (Phi) is 6.22. The van der Waals surface area contributed by atoms with Gasteiger partial charge in [0, 0.05) is 11.3 Å². The molecule has 0 unspecified atom stereocenters. The molecular weight excluding hydrogens is 252 g/mol. The number of hydrogen-bond donors (Lipinski definition) is 1. The maximum Gasteiger partial charge on any atom is 0.271 e. The maximum atomic E-state index is 11.9. The first-order valence-corrected chi connectivity index (χ1v) is 7.05. The van der Waals surface area contributed by atoms with Crippen LogP contribution in [-0.2, 0) is 0 Å². The third kappa shape index (κ3) is 5.03. The van der Waals surface area contributed by atoms with Crippen LogP contribution < -0.4 is 10.2 Å². The van der Waals surface area contributed by atoms with E-state index in [4.69, 9.17) is 4.74 Å². The van der Waals surface area contributed by atoms with Gasteiger partial charge in [-0.05, 0) is 57.4 Å². The monoisotopic (exact) mass is 276 g/mol. The highest BCUT2D eigenvalue weighted by atomic mass is 16.5. The first-order valence-electron chi connectivity index (χ1n) is 7.05. The van der Waals surface area contributed by atoms with Crippen molar-refractivity contribution in [2.45, 2.75) is 47.1 Å². The van der Waals surface area contributed by atoms with E-state index in [9.17, 15) is 4.79 Å². The van der Waals surface area contributed by atoms with Crippen LogP contribution in [0, 0.1) is 5.92 Å². The molecule has 1 N–H and O–H groups in total. The number of amides is 1. The van der Waals surface area contributed by atoms with Crippen molar-refractivity contribution in [1.29, 1.82) is 0 Å². The summed E-state index contributed by atoms with van der Waals surface area (Å²) in [5.41, 5.74) is 4.08. The van der Waals surface area contributed by atoms with E-state index in [1.54, 1.807) is 24.3 Å². The number of benzene rings is 1. The van der Waals surface area contributed by atoms with Gasteiger partial charge in [0.15, 0.2) is 0 Å². The van der Waals surface area contributed by atoms with Crippen molar-refractivity contribution in [2.75, 3.05) is 0 Å². The van der Waals surface area contributed by atoms with Gasteiger partial charge in [-0.1, -0.05) is 13.8 Å². The molecule has 0 bridgehead atoms. The number of hydrogen-bond acceptors (Lipinski definition) is 3. The molecule has 1 aromatic rings. The third-order valence-electron chi connectivity index (χ3n) is 3.15. The number of carbonyl (C=O) groups excluding carboxylic acids is 1. The van der Waals surface area contributed by atoms with Crippen molar-refractivity contribution in [3.8, 4) is 5.75 Å². The van der Waals surface area contributed by atoms with E-state index >= 15 is 0 Å². The van der Waals surface area contributed by atoms with Crippen LogP contribution in [-0.4, -0.2) is 17.7 Å². The van der Waals surface area contributed by atoms with Crippen LogP contribution in [0.5, 0.6) is 5.75 Å². The summed E-state index contributed by atoms with van der Waals surface area (Å²) < 4.78 is 5.53. The van der Waals surface area contributed by atoms with Gasteiger partial charge in [-0.3, -0.25) is 4.79 Å². The zero-order valence-electron chi connectivity index (χ0n) is 12.9. The van der Waals surface area contributed by atoms with E-state index in [1.807, 2.05) is 20.8 Å².